The number of benzene rings is 2. The van der Waals surface area contributed by atoms with Gasteiger partial charge in [0.15, 0.2) is 0 Å². The summed E-state index contributed by atoms with van der Waals surface area (Å²) in [6, 6.07) is 20.1. The zero-order chi connectivity index (χ0) is 15.5. The Morgan fingerprint density at radius 3 is 2.17 bits per heavy atom. The minimum atomic E-state index is 0.752. The maximum atomic E-state index is 4.73. The van der Waals surface area contributed by atoms with Gasteiger partial charge in [0, 0.05) is 16.5 Å². The van der Waals surface area contributed by atoms with Gasteiger partial charge in [-0.05, 0) is 0 Å². The average Bonchev–Trinajstić information content (AvgIpc) is 3.13. The second-order valence-corrected chi connectivity index (χ2v) is 5.79. The molecule has 2 heterocycles. The van der Waals surface area contributed by atoms with Crippen LogP contribution in [-0.4, -0.2) is 20.2 Å². The molecule has 110 valence electrons. The van der Waals surface area contributed by atoms with E-state index in [0.29, 0.717) is 0 Å². The SMILES string of the molecule is c1ccc(-c2csc(-c3ncnnc3-c3ccccc3)n2)cc1. The fourth-order valence-electron chi connectivity index (χ4n) is 2.35. The van der Waals surface area contributed by atoms with Crippen molar-refractivity contribution in [3.05, 3.63) is 72.4 Å². The first-order valence-electron chi connectivity index (χ1n) is 7.16. The molecule has 0 saturated heterocycles. The molecule has 4 rings (SSSR count). The first-order chi connectivity index (χ1) is 11.4. The van der Waals surface area contributed by atoms with Crippen molar-refractivity contribution < 1.29 is 0 Å². The summed E-state index contributed by atoms with van der Waals surface area (Å²) in [5, 5.41) is 11.1. The van der Waals surface area contributed by atoms with Crippen LogP contribution in [0.3, 0.4) is 0 Å². The quantitative estimate of drug-likeness (QED) is 0.564. The highest BCUT2D eigenvalue weighted by molar-refractivity contribution is 7.13. The molecule has 0 aliphatic rings. The van der Waals surface area contributed by atoms with Crippen LogP contribution in [0.2, 0.25) is 0 Å². The molecule has 0 aliphatic carbocycles. The van der Waals surface area contributed by atoms with Crippen LogP contribution in [0.25, 0.3) is 33.2 Å². The van der Waals surface area contributed by atoms with Gasteiger partial charge in [-0.15, -0.1) is 21.5 Å². The number of rotatable bonds is 3. The van der Waals surface area contributed by atoms with Crippen molar-refractivity contribution in [2.45, 2.75) is 0 Å². The van der Waals surface area contributed by atoms with E-state index in [1.54, 1.807) is 11.3 Å². The van der Waals surface area contributed by atoms with Gasteiger partial charge in [0.25, 0.3) is 0 Å². The van der Waals surface area contributed by atoms with E-state index in [9.17, 15) is 0 Å². The lowest BCUT2D eigenvalue weighted by Crippen LogP contribution is -1.95. The van der Waals surface area contributed by atoms with E-state index >= 15 is 0 Å². The molecule has 2 aromatic carbocycles. The molecule has 0 N–H and O–H groups in total. The normalized spacial score (nSPS) is 10.6. The molecule has 0 atom stereocenters. The van der Waals surface area contributed by atoms with E-state index in [2.05, 4.69) is 27.3 Å². The van der Waals surface area contributed by atoms with E-state index in [1.807, 2.05) is 53.9 Å². The third kappa shape index (κ3) is 2.74. The van der Waals surface area contributed by atoms with Crippen LogP contribution in [0.15, 0.2) is 72.4 Å². The Kier molecular flexibility index (Phi) is 3.62. The molecular formula is C18H12N4S. The standard InChI is InChI=1S/C18H12N4S/c1-3-7-13(8-4-1)15-11-23-18(21-15)17-16(22-20-12-19-17)14-9-5-2-6-10-14/h1-12H. The molecular weight excluding hydrogens is 304 g/mol. The van der Waals surface area contributed by atoms with E-state index in [4.69, 9.17) is 4.98 Å². The van der Waals surface area contributed by atoms with Crippen molar-refractivity contribution >= 4 is 11.3 Å². The Balaban J connectivity index is 1.79. The molecule has 0 fully saturated rings. The molecule has 23 heavy (non-hydrogen) atoms. The summed E-state index contributed by atoms with van der Waals surface area (Å²) >= 11 is 1.56. The summed E-state index contributed by atoms with van der Waals surface area (Å²) in [5.41, 5.74) is 4.54. The van der Waals surface area contributed by atoms with Crippen LogP contribution < -0.4 is 0 Å². The first kappa shape index (κ1) is 13.7. The van der Waals surface area contributed by atoms with E-state index in [1.165, 1.54) is 6.33 Å². The second-order valence-electron chi connectivity index (χ2n) is 4.93. The number of aromatic nitrogens is 4. The Morgan fingerprint density at radius 2 is 1.43 bits per heavy atom. The zero-order valence-electron chi connectivity index (χ0n) is 12.1. The van der Waals surface area contributed by atoms with Crippen LogP contribution in [0.4, 0.5) is 0 Å². The Bertz CT molecular complexity index is 920. The molecule has 0 unspecified atom stereocenters. The summed E-state index contributed by atoms with van der Waals surface area (Å²) in [5.74, 6) is 0. The van der Waals surface area contributed by atoms with Crippen LogP contribution in [0.1, 0.15) is 0 Å². The summed E-state index contributed by atoms with van der Waals surface area (Å²) in [4.78, 5) is 9.13. The van der Waals surface area contributed by atoms with E-state index in [0.717, 1.165) is 33.2 Å². The zero-order valence-corrected chi connectivity index (χ0v) is 12.9. The van der Waals surface area contributed by atoms with Crippen LogP contribution in [-0.2, 0) is 0 Å². The molecule has 4 nitrogen and oxygen atoms in total. The number of hydrogen-bond acceptors (Lipinski definition) is 5. The highest BCUT2D eigenvalue weighted by Crippen LogP contribution is 2.32. The van der Waals surface area contributed by atoms with Gasteiger partial charge in [-0.3, -0.25) is 0 Å². The highest BCUT2D eigenvalue weighted by Gasteiger charge is 2.14. The molecule has 0 spiro atoms. The second kappa shape index (κ2) is 6.06. The van der Waals surface area contributed by atoms with Gasteiger partial charge in [-0.2, -0.15) is 0 Å². The molecule has 2 aromatic heterocycles. The summed E-state index contributed by atoms with van der Waals surface area (Å²) in [6.45, 7) is 0. The van der Waals surface area contributed by atoms with Gasteiger partial charge >= 0.3 is 0 Å². The Labute approximate surface area is 137 Å². The summed E-state index contributed by atoms with van der Waals surface area (Å²) < 4.78 is 0. The van der Waals surface area contributed by atoms with Gasteiger partial charge in [0.2, 0.25) is 0 Å². The number of thiazole rings is 1. The molecule has 0 radical (unpaired) electrons. The molecule has 4 aromatic rings. The van der Waals surface area contributed by atoms with Crippen molar-refractivity contribution in [1.82, 2.24) is 20.2 Å². The molecule has 0 bridgehead atoms. The van der Waals surface area contributed by atoms with Gasteiger partial charge in [-0.25, -0.2) is 9.97 Å². The van der Waals surface area contributed by atoms with Gasteiger partial charge < -0.3 is 0 Å². The number of hydrogen-bond donors (Lipinski definition) is 0. The van der Waals surface area contributed by atoms with Crippen molar-refractivity contribution in [3.63, 3.8) is 0 Å². The molecule has 0 aliphatic heterocycles. The molecule has 0 amide bonds. The third-order valence-corrected chi connectivity index (χ3v) is 4.29. The van der Waals surface area contributed by atoms with Crippen LogP contribution >= 0.6 is 11.3 Å². The minimum absolute atomic E-state index is 0.752. The lowest BCUT2D eigenvalue weighted by Gasteiger charge is -2.03. The topological polar surface area (TPSA) is 51.6 Å². The third-order valence-electron chi connectivity index (χ3n) is 3.44. The van der Waals surface area contributed by atoms with Crippen LogP contribution in [0, 0.1) is 0 Å². The Hall–Kier alpha value is -2.92. The summed E-state index contributed by atoms with van der Waals surface area (Å²) in [6.07, 6.45) is 1.46. The predicted molar refractivity (Wildman–Crippen MR) is 91.8 cm³/mol. The van der Waals surface area contributed by atoms with Crippen molar-refractivity contribution in [2.75, 3.05) is 0 Å². The smallest absolute Gasteiger partial charge is 0.144 e. The molecule has 0 saturated carbocycles. The van der Waals surface area contributed by atoms with Gasteiger partial charge in [0.1, 0.15) is 22.7 Å². The largest absolute Gasteiger partial charge is 0.234 e. The van der Waals surface area contributed by atoms with Crippen molar-refractivity contribution in [1.29, 1.82) is 0 Å². The maximum absolute atomic E-state index is 4.73. The summed E-state index contributed by atoms with van der Waals surface area (Å²) in [7, 11) is 0. The Morgan fingerprint density at radius 1 is 0.739 bits per heavy atom. The van der Waals surface area contributed by atoms with Crippen molar-refractivity contribution in [2.24, 2.45) is 0 Å². The first-order valence-corrected chi connectivity index (χ1v) is 8.04. The van der Waals surface area contributed by atoms with Gasteiger partial charge in [0.05, 0.1) is 5.69 Å². The van der Waals surface area contributed by atoms with E-state index in [-0.39, 0.29) is 0 Å². The van der Waals surface area contributed by atoms with Crippen molar-refractivity contribution in [3.8, 4) is 33.2 Å². The molecule has 5 heteroatoms. The average molecular weight is 316 g/mol. The van der Waals surface area contributed by atoms with Gasteiger partial charge in [-0.1, -0.05) is 60.7 Å². The highest BCUT2D eigenvalue weighted by atomic mass is 32.1. The minimum Gasteiger partial charge on any atom is -0.234 e. The predicted octanol–water partition coefficient (Wildman–Crippen LogP) is 4.33. The number of nitrogens with zero attached hydrogens (tertiary/aromatic N) is 4. The monoisotopic (exact) mass is 316 g/mol. The fourth-order valence-corrected chi connectivity index (χ4v) is 3.17. The fraction of sp³-hybridized carbons (Fsp3) is 0. The lowest BCUT2D eigenvalue weighted by molar-refractivity contribution is 0.980. The lowest BCUT2D eigenvalue weighted by atomic mass is 10.1. The maximum Gasteiger partial charge on any atom is 0.144 e. The van der Waals surface area contributed by atoms with E-state index < -0.39 is 0 Å². The van der Waals surface area contributed by atoms with Crippen LogP contribution in [0.5, 0.6) is 0 Å².